The number of nitrogens with zero attached hydrogens (tertiary/aromatic N) is 2. The van der Waals surface area contributed by atoms with Crippen LogP contribution in [0.2, 0.25) is 0 Å². The monoisotopic (exact) mass is 429 g/mol. The number of nitrogens with one attached hydrogen (secondary N) is 1. The van der Waals surface area contributed by atoms with Crippen molar-refractivity contribution in [1.82, 2.24) is 9.99 Å². The second-order valence-corrected chi connectivity index (χ2v) is 7.66. The summed E-state index contributed by atoms with van der Waals surface area (Å²) in [5.74, 6) is -1.14. The van der Waals surface area contributed by atoms with Crippen LogP contribution in [0.25, 0.3) is 16.6 Å². The lowest BCUT2D eigenvalue weighted by molar-refractivity contribution is 0.0952. The SMILES string of the molecule is C/C(=N\NC(=O)c1ccc(O)cc1O)c1c(O)n(-c2ccc(C)c(C)c2)c2ccccc12. The summed E-state index contributed by atoms with van der Waals surface area (Å²) in [4.78, 5) is 12.4. The molecule has 162 valence electrons. The van der Waals surface area contributed by atoms with Gasteiger partial charge in [0, 0.05) is 17.1 Å². The third-order valence-electron chi connectivity index (χ3n) is 5.51. The van der Waals surface area contributed by atoms with Gasteiger partial charge in [0.25, 0.3) is 5.91 Å². The summed E-state index contributed by atoms with van der Waals surface area (Å²) in [7, 11) is 0. The van der Waals surface area contributed by atoms with E-state index in [2.05, 4.69) is 10.5 Å². The molecule has 0 fully saturated rings. The molecule has 0 radical (unpaired) electrons. The zero-order chi connectivity index (χ0) is 23.0. The van der Waals surface area contributed by atoms with Crippen molar-refractivity contribution in [2.75, 3.05) is 0 Å². The van der Waals surface area contributed by atoms with E-state index in [4.69, 9.17) is 0 Å². The zero-order valence-electron chi connectivity index (χ0n) is 17.9. The van der Waals surface area contributed by atoms with Crippen molar-refractivity contribution in [3.8, 4) is 23.1 Å². The Hall–Kier alpha value is -4.26. The highest BCUT2D eigenvalue weighted by Crippen LogP contribution is 2.35. The molecule has 1 heterocycles. The van der Waals surface area contributed by atoms with E-state index in [1.54, 1.807) is 11.5 Å². The van der Waals surface area contributed by atoms with Gasteiger partial charge >= 0.3 is 0 Å². The van der Waals surface area contributed by atoms with Crippen LogP contribution in [0.1, 0.15) is 34.0 Å². The molecular formula is C25H23N3O4. The minimum atomic E-state index is -0.640. The molecule has 4 N–H and O–H groups in total. The van der Waals surface area contributed by atoms with Crippen LogP contribution in [0.15, 0.2) is 65.8 Å². The third-order valence-corrected chi connectivity index (χ3v) is 5.51. The van der Waals surface area contributed by atoms with Crippen molar-refractivity contribution in [2.24, 2.45) is 5.10 Å². The second-order valence-electron chi connectivity index (χ2n) is 7.66. The Morgan fingerprint density at radius 2 is 1.69 bits per heavy atom. The van der Waals surface area contributed by atoms with E-state index >= 15 is 0 Å². The van der Waals surface area contributed by atoms with E-state index in [1.165, 1.54) is 12.1 Å². The predicted octanol–water partition coefficient (Wildman–Crippen LogP) is 4.52. The average Bonchev–Trinajstić information content (AvgIpc) is 3.05. The molecule has 0 spiro atoms. The van der Waals surface area contributed by atoms with E-state index in [0.717, 1.165) is 33.8 Å². The molecule has 0 aliphatic heterocycles. The maximum Gasteiger partial charge on any atom is 0.275 e. The first-order valence-electron chi connectivity index (χ1n) is 10.0. The van der Waals surface area contributed by atoms with Crippen molar-refractivity contribution in [1.29, 1.82) is 0 Å². The topological polar surface area (TPSA) is 107 Å². The molecule has 7 heteroatoms. The van der Waals surface area contributed by atoms with E-state index < -0.39 is 5.91 Å². The lowest BCUT2D eigenvalue weighted by Crippen LogP contribution is -2.19. The lowest BCUT2D eigenvalue weighted by Gasteiger charge is -2.10. The van der Waals surface area contributed by atoms with Crippen LogP contribution in [-0.2, 0) is 0 Å². The first-order chi connectivity index (χ1) is 15.3. The van der Waals surface area contributed by atoms with Crippen LogP contribution >= 0.6 is 0 Å². The van der Waals surface area contributed by atoms with Gasteiger partial charge in [0.05, 0.1) is 22.4 Å². The first-order valence-corrected chi connectivity index (χ1v) is 10.0. The minimum Gasteiger partial charge on any atom is -0.508 e. The number of aromatic hydroxyl groups is 3. The number of phenols is 2. The molecule has 0 bridgehead atoms. The van der Waals surface area contributed by atoms with E-state index in [9.17, 15) is 20.1 Å². The number of phenolic OH excluding ortho intramolecular Hbond substituents is 2. The van der Waals surface area contributed by atoms with Crippen LogP contribution in [-0.4, -0.2) is 31.5 Å². The van der Waals surface area contributed by atoms with E-state index in [0.29, 0.717) is 11.3 Å². The number of amides is 1. The number of hydrazone groups is 1. The maximum absolute atomic E-state index is 12.4. The largest absolute Gasteiger partial charge is 0.508 e. The molecule has 7 nitrogen and oxygen atoms in total. The fourth-order valence-electron chi connectivity index (χ4n) is 3.67. The Bertz CT molecular complexity index is 1390. The van der Waals surface area contributed by atoms with Gasteiger partial charge in [-0.25, -0.2) is 5.43 Å². The summed E-state index contributed by atoms with van der Waals surface area (Å²) in [6.45, 7) is 5.73. The Morgan fingerprint density at radius 1 is 0.938 bits per heavy atom. The number of carbonyl (C=O) groups is 1. The van der Waals surface area contributed by atoms with Gasteiger partial charge in [-0.3, -0.25) is 9.36 Å². The molecule has 32 heavy (non-hydrogen) atoms. The molecule has 0 saturated heterocycles. The Balaban J connectivity index is 1.76. The van der Waals surface area contributed by atoms with Gasteiger partial charge in [0.1, 0.15) is 11.5 Å². The molecular weight excluding hydrogens is 406 g/mol. The average molecular weight is 429 g/mol. The lowest BCUT2D eigenvalue weighted by atomic mass is 10.1. The van der Waals surface area contributed by atoms with Crippen LogP contribution < -0.4 is 5.43 Å². The van der Waals surface area contributed by atoms with Crippen LogP contribution in [0.5, 0.6) is 17.4 Å². The Labute approximate surface area is 184 Å². The van der Waals surface area contributed by atoms with Gasteiger partial charge in [0.2, 0.25) is 5.88 Å². The number of fused-ring (bicyclic) bond motifs is 1. The number of aryl methyl sites for hydroxylation is 2. The number of hydrogen-bond acceptors (Lipinski definition) is 5. The second kappa shape index (κ2) is 8.11. The number of rotatable bonds is 4. The van der Waals surface area contributed by atoms with Crippen LogP contribution in [0.4, 0.5) is 0 Å². The normalized spacial score (nSPS) is 11.7. The molecule has 1 amide bonds. The highest BCUT2D eigenvalue weighted by atomic mass is 16.3. The summed E-state index contributed by atoms with van der Waals surface area (Å²) in [5.41, 5.74) is 7.15. The molecule has 0 unspecified atom stereocenters. The van der Waals surface area contributed by atoms with Gasteiger partial charge in [-0.2, -0.15) is 5.10 Å². The molecule has 0 saturated carbocycles. The third kappa shape index (κ3) is 3.65. The van der Waals surface area contributed by atoms with Crippen molar-refractivity contribution in [3.05, 3.63) is 82.9 Å². The fourth-order valence-corrected chi connectivity index (χ4v) is 3.67. The Kier molecular flexibility index (Phi) is 5.32. The fraction of sp³-hybridized carbons (Fsp3) is 0.120. The van der Waals surface area contributed by atoms with Gasteiger partial charge in [0.15, 0.2) is 0 Å². The standard InChI is InChI=1S/C25H23N3O4/c1-14-8-9-17(12-15(14)2)28-21-7-5-4-6-19(21)23(25(28)32)16(3)26-27-24(31)20-11-10-18(29)13-22(20)30/h4-13,29-30,32H,1-3H3,(H,27,31)/b26-16+. The number of hydrogen-bond donors (Lipinski definition) is 4. The van der Waals surface area contributed by atoms with Gasteiger partial charge in [-0.1, -0.05) is 24.3 Å². The summed E-state index contributed by atoms with van der Waals surface area (Å²) in [5, 5.41) is 35.4. The van der Waals surface area contributed by atoms with E-state index in [1.807, 2.05) is 56.3 Å². The summed E-state index contributed by atoms with van der Waals surface area (Å²) in [6.07, 6.45) is 0. The van der Waals surface area contributed by atoms with E-state index in [-0.39, 0.29) is 22.9 Å². The molecule has 0 atom stereocenters. The molecule has 0 aliphatic carbocycles. The van der Waals surface area contributed by atoms with Gasteiger partial charge < -0.3 is 15.3 Å². The molecule has 4 rings (SSSR count). The van der Waals surface area contributed by atoms with Gasteiger partial charge in [-0.15, -0.1) is 0 Å². The zero-order valence-corrected chi connectivity index (χ0v) is 17.9. The number of benzene rings is 3. The highest BCUT2D eigenvalue weighted by Gasteiger charge is 2.20. The number of aromatic nitrogens is 1. The summed E-state index contributed by atoms with van der Waals surface area (Å²) < 4.78 is 1.75. The van der Waals surface area contributed by atoms with Crippen molar-refractivity contribution >= 4 is 22.5 Å². The molecule has 0 aliphatic rings. The minimum absolute atomic E-state index is 0.0115. The van der Waals surface area contributed by atoms with Gasteiger partial charge in [-0.05, 0) is 62.2 Å². The van der Waals surface area contributed by atoms with Crippen LogP contribution in [0.3, 0.4) is 0 Å². The Morgan fingerprint density at radius 3 is 2.41 bits per heavy atom. The molecule has 1 aromatic heterocycles. The van der Waals surface area contributed by atoms with Crippen molar-refractivity contribution < 1.29 is 20.1 Å². The maximum atomic E-state index is 12.4. The molecule has 4 aromatic rings. The number of para-hydroxylation sites is 1. The number of carbonyl (C=O) groups excluding carboxylic acids is 1. The summed E-state index contributed by atoms with van der Waals surface area (Å²) in [6, 6.07) is 17.2. The predicted molar refractivity (Wildman–Crippen MR) is 124 cm³/mol. The van der Waals surface area contributed by atoms with Crippen molar-refractivity contribution in [3.63, 3.8) is 0 Å². The van der Waals surface area contributed by atoms with Crippen molar-refractivity contribution in [2.45, 2.75) is 20.8 Å². The quantitative estimate of drug-likeness (QED) is 0.283. The van der Waals surface area contributed by atoms with Crippen LogP contribution in [0, 0.1) is 13.8 Å². The molecule has 3 aromatic carbocycles. The smallest absolute Gasteiger partial charge is 0.275 e. The first kappa shape index (κ1) is 21.0. The summed E-state index contributed by atoms with van der Waals surface area (Å²) >= 11 is 0. The highest BCUT2D eigenvalue weighted by molar-refractivity contribution is 6.13.